The summed E-state index contributed by atoms with van der Waals surface area (Å²) in [6, 6.07) is 15.5. The van der Waals surface area contributed by atoms with Crippen molar-refractivity contribution in [2.45, 2.75) is 26.8 Å². The number of ketones is 1. The Kier molecular flexibility index (Phi) is 6.35. The highest BCUT2D eigenvalue weighted by atomic mass is 35.5. The van der Waals surface area contributed by atoms with Crippen molar-refractivity contribution < 1.29 is 24.5 Å². The summed E-state index contributed by atoms with van der Waals surface area (Å²) in [7, 11) is 0. The lowest BCUT2D eigenvalue weighted by molar-refractivity contribution is -0.132. The van der Waals surface area contributed by atoms with Gasteiger partial charge in [-0.05, 0) is 73.9 Å². The standard InChI is InChI=1S/C27H24ClNO5/c1-4-34-19-12-13-21(28)20(14-19)25(31)23-24(17-8-10-18(30)11-9-17)29(27(33)26(23)32)22-7-5-6-15(2)16(22)3/h5-14,24,30-31H,4H2,1-3H3/b25-23+. The molecular formula is C27H24ClNO5. The molecule has 4 rings (SSSR count). The molecule has 0 spiro atoms. The summed E-state index contributed by atoms with van der Waals surface area (Å²) in [5, 5.41) is 21.4. The molecule has 2 N–H and O–H groups in total. The molecule has 34 heavy (non-hydrogen) atoms. The van der Waals surface area contributed by atoms with Gasteiger partial charge < -0.3 is 14.9 Å². The van der Waals surface area contributed by atoms with Crippen LogP contribution in [-0.2, 0) is 9.59 Å². The summed E-state index contributed by atoms with van der Waals surface area (Å²) in [5.74, 6) is -1.46. The van der Waals surface area contributed by atoms with Crippen molar-refractivity contribution in [3.63, 3.8) is 0 Å². The first-order valence-electron chi connectivity index (χ1n) is 10.8. The number of aryl methyl sites for hydroxylation is 1. The van der Waals surface area contributed by atoms with Crippen molar-refractivity contribution in [1.29, 1.82) is 0 Å². The molecular weight excluding hydrogens is 454 g/mol. The molecule has 1 aliphatic heterocycles. The van der Waals surface area contributed by atoms with E-state index in [-0.39, 0.29) is 21.9 Å². The number of benzene rings is 3. The highest BCUT2D eigenvalue weighted by molar-refractivity contribution is 6.52. The molecule has 7 heteroatoms. The zero-order chi connectivity index (χ0) is 24.6. The van der Waals surface area contributed by atoms with E-state index < -0.39 is 23.5 Å². The van der Waals surface area contributed by atoms with Crippen LogP contribution in [0.3, 0.4) is 0 Å². The van der Waals surface area contributed by atoms with Gasteiger partial charge in [-0.1, -0.05) is 35.9 Å². The number of aliphatic hydroxyl groups excluding tert-OH is 1. The van der Waals surface area contributed by atoms with Gasteiger partial charge in [-0.2, -0.15) is 0 Å². The third kappa shape index (κ3) is 4.01. The van der Waals surface area contributed by atoms with E-state index in [0.717, 1.165) is 11.1 Å². The molecule has 1 heterocycles. The van der Waals surface area contributed by atoms with Crippen LogP contribution < -0.4 is 9.64 Å². The molecule has 0 saturated carbocycles. The van der Waals surface area contributed by atoms with E-state index in [1.807, 2.05) is 32.9 Å². The summed E-state index contributed by atoms with van der Waals surface area (Å²) in [4.78, 5) is 28.1. The number of carbonyl (C=O) groups excluding carboxylic acids is 2. The highest BCUT2D eigenvalue weighted by Gasteiger charge is 2.47. The lowest BCUT2D eigenvalue weighted by atomic mass is 9.94. The Morgan fingerprint density at radius 1 is 1.06 bits per heavy atom. The fourth-order valence-corrected chi connectivity index (χ4v) is 4.34. The number of Topliss-reactive ketones (excluding diaryl/α,β-unsaturated/α-hetero) is 1. The SMILES string of the molecule is CCOc1ccc(Cl)c(/C(O)=C2\C(=O)C(=O)N(c3cccc(C)c3C)C2c2ccc(O)cc2)c1. The number of anilines is 1. The summed E-state index contributed by atoms with van der Waals surface area (Å²) >= 11 is 6.38. The monoisotopic (exact) mass is 477 g/mol. The number of amides is 1. The Labute approximate surface area is 202 Å². The van der Waals surface area contributed by atoms with Crippen LogP contribution in [0, 0.1) is 13.8 Å². The number of aliphatic hydroxyl groups is 1. The fourth-order valence-electron chi connectivity index (χ4n) is 4.14. The van der Waals surface area contributed by atoms with Crippen LogP contribution in [0.25, 0.3) is 5.76 Å². The summed E-state index contributed by atoms with van der Waals surface area (Å²) in [6.07, 6.45) is 0. The van der Waals surface area contributed by atoms with Crippen molar-refractivity contribution >= 4 is 34.7 Å². The molecule has 0 bridgehead atoms. The van der Waals surface area contributed by atoms with Crippen LogP contribution in [0.5, 0.6) is 11.5 Å². The number of carbonyl (C=O) groups is 2. The van der Waals surface area contributed by atoms with E-state index >= 15 is 0 Å². The maximum absolute atomic E-state index is 13.3. The van der Waals surface area contributed by atoms with Crippen LogP contribution >= 0.6 is 11.6 Å². The lowest BCUT2D eigenvalue weighted by Crippen LogP contribution is -2.30. The molecule has 174 valence electrons. The normalized spacial score (nSPS) is 17.3. The summed E-state index contributed by atoms with van der Waals surface area (Å²) in [6.45, 7) is 6.03. The van der Waals surface area contributed by atoms with E-state index in [9.17, 15) is 19.8 Å². The molecule has 1 aliphatic rings. The Morgan fingerprint density at radius 2 is 1.76 bits per heavy atom. The van der Waals surface area contributed by atoms with E-state index in [0.29, 0.717) is 23.6 Å². The minimum atomic E-state index is -0.923. The maximum atomic E-state index is 13.3. The second-order valence-electron chi connectivity index (χ2n) is 8.05. The maximum Gasteiger partial charge on any atom is 0.300 e. The molecule has 6 nitrogen and oxygen atoms in total. The number of hydrogen-bond acceptors (Lipinski definition) is 5. The summed E-state index contributed by atoms with van der Waals surface area (Å²) in [5.41, 5.74) is 3.01. The molecule has 0 aromatic heterocycles. The first-order valence-corrected chi connectivity index (χ1v) is 11.2. The fraction of sp³-hybridized carbons (Fsp3) is 0.185. The van der Waals surface area contributed by atoms with Gasteiger partial charge in [0.1, 0.15) is 17.3 Å². The van der Waals surface area contributed by atoms with Gasteiger partial charge >= 0.3 is 0 Å². The largest absolute Gasteiger partial charge is 0.508 e. The molecule has 0 radical (unpaired) electrons. The van der Waals surface area contributed by atoms with Crippen molar-refractivity contribution in [3.8, 4) is 11.5 Å². The Morgan fingerprint density at radius 3 is 2.44 bits per heavy atom. The average Bonchev–Trinajstić information content (AvgIpc) is 3.07. The minimum Gasteiger partial charge on any atom is -0.508 e. The van der Waals surface area contributed by atoms with Gasteiger partial charge in [0, 0.05) is 11.3 Å². The van der Waals surface area contributed by atoms with Gasteiger partial charge in [-0.15, -0.1) is 0 Å². The molecule has 0 aliphatic carbocycles. The highest BCUT2D eigenvalue weighted by Crippen LogP contribution is 2.44. The van der Waals surface area contributed by atoms with Crippen LogP contribution in [0.4, 0.5) is 5.69 Å². The van der Waals surface area contributed by atoms with E-state index in [2.05, 4.69) is 0 Å². The number of phenols is 1. The van der Waals surface area contributed by atoms with Gasteiger partial charge in [-0.3, -0.25) is 14.5 Å². The zero-order valence-electron chi connectivity index (χ0n) is 19.0. The third-order valence-electron chi connectivity index (χ3n) is 5.99. The molecule has 1 amide bonds. The van der Waals surface area contributed by atoms with Crippen molar-refractivity contribution in [1.82, 2.24) is 0 Å². The van der Waals surface area contributed by atoms with Gasteiger partial charge in [0.2, 0.25) is 0 Å². The number of aromatic hydroxyl groups is 1. The number of nitrogens with zero attached hydrogens (tertiary/aromatic N) is 1. The van der Waals surface area contributed by atoms with Gasteiger partial charge in [0.15, 0.2) is 0 Å². The van der Waals surface area contributed by atoms with E-state index in [4.69, 9.17) is 16.3 Å². The first-order chi connectivity index (χ1) is 16.2. The number of halogens is 1. The van der Waals surface area contributed by atoms with E-state index in [1.165, 1.54) is 17.0 Å². The Balaban J connectivity index is 1.98. The van der Waals surface area contributed by atoms with Gasteiger partial charge in [0.05, 0.1) is 23.2 Å². The van der Waals surface area contributed by atoms with E-state index in [1.54, 1.807) is 36.4 Å². The van der Waals surface area contributed by atoms with Crippen LogP contribution in [0.15, 0.2) is 66.2 Å². The first kappa shape index (κ1) is 23.4. The smallest absolute Gasteiger partial charge is 0.300 e. The molecule has 3 aromatic rings. The quantitative estimate of drug-likeness (QED) is 0.280. The van der Waals surface area contributed by atoms with Crippen molar-refractivity contribution in [2.24, 2.45) is 0 Å². The summed E-state index contributed by atoms with van der Waals surface area (Å²) < 4.78 is 5.52. The van der Waals surface area contributed by atoms with Crippen LogP contribution in [0.1, 0.15) is 35.2 Å². The lowest BCUT2D eigenvalue weighted by Gasteiger charge is -2.27. The number of phenolic OH excluding ortho intramolecular Hbond substituents is 1. The Bertz CT molecular complexity index is 1310. The predicted molar refractivity (Wildman–Crippen MR) is 131 cm³/mol. The van der Waals surface area contributed by atoms with Crippen molar-refractivity contribution in [2.75, 3.05) is 11.5 Å². The minimum absolute atomic E-state index is 0.0416. The molecule has 1 unspecified atom stereocenters. The molecule has 1 saturated heterocycles. The van der Waals surface area contributed by atoms with Crippen LogP contribution in [0.2, 0.25) is 5.02 Å². The molecule has 1 atom stereocenters. The Hall–Kier alpha value is -3.77. The second-order valence-corrected chi connectivity index (χ2v) is 8.46. The molecule has 3 aromatic carbocycles. The predicted octanol–water partition coefficient (Wildman–Crippen LogP) is 5.69. The number of ether oxygens (including phenoxy) is 1. The average molecular weight is 478 g/mol. The topological polar surface area (TPSA) is 87.1 Å². The van der Waals surface area contributed by atoms with Gasteiger partial charge in [-0.25, -0.2) is 0 Å². The van der Waals surface area contributed by atoms with Crippen molar-refractivity contribution in [3.05, 3.63) is 93.5 Å². The zero-order valence-corrected chi connectivity index (χ0v) is 19.8. The van der Waals surface area contributed by atoms with Crippen LogP contribution in [-0.4, -0.2) is 28.5 Å². The number of rotatable bonds is 5. The third-order valence-corrected chi connectivity index (χ3v) is 6.32. The molecule has 1 fully saturated rings. The number of hydrogen-bond donors (Lipinski definition) is 2. The van der Waals surface area contributed by atoms with Gasteiger partial charge in [0.25, 0.3) is 11.7 Å². The second kappa shape index (κ2) is 9.23.